The monoisotopic (exact) mass is 240 g/mol. The molecule has 1 aromatic carbocycles. The largest absolute Gasteiger partial charge is 0.326 e. The third-order valence-corrected chi connectivity index (χ3v) is 2.36. The zero-order valence-electron chi connectivity index (χ0n) is 9.13. The summed E-state index contributed by atoms with van der Waals surface area (Å²) in [6.45, 7) is 3.02. The molecule has 16 heavy (non-hydrogen) atoms. The first-order chi connectivity index (χ1) is 7.45. The van der Waals surface area contributed by atoms with Gasteiger partial charge in [-0.3, -0.25) is 9.59 Å². The van der Waals surface area contributed by atoms with Crippen LogP contribution in [0.5, 0.6) is 0 Å². The molecule has 1 amide bonds. The van der Waals surface area contributed by atoms with Gasteiger partial charge in [0, 0.05) is 24.7 Å². The lowest BCUT2D eigenvalue weighted by Crippen LogP contribution is -2.10. The maximum absolute atomic E-state index is 11.4. The fourth-order valence-electron chi connectivity index (χ4n) is 1.49. The first-order valence-corrected chi connectivity index (χ1v) is 5.14. The van der Waals surface area contributed by atoms with E-state index in [9.17, 15) is 9.59 Å². The second kappa shape index (κ2) is 5.09. The molecule has 0 atom stereocenters. The van der Waals surface area contributed by atoms with Crippen LogP contribution in [0.4, 0.5) is 5.69 Å². The second-order valence-corrected chi connectivity index (χ2v) is 3.84. The number of carbonyl (C=O) groups excluding carboxylic acids is 2. The van der Waals surface area contributed by atoms with Gasteiger partial charge in [0.2, 0.25) is 5.91 Å². The average molecular weight is 241 g/mol. The van der Waals surface area contributed by atoms with Gasteiger partial charge in [0.15, 0.2) is 5.78 Å². The van der Waals surface area contributed by atoms with E-state index in [0.29, 0.717) is 21.8 Å². The second-order valence-electron chi connectivity index (χ2n) is 3.43. The van der Waals surface area contributed by atoms with Crippen molar-refractivity contribution < 1.29 is 9.59 Å². The van der Waals surface area contributed by atoms with Crippen molar-refractivity contribution >= 4 is 29.0 Å². The number of benzene rings is 1. The number of amides is 1. The Hall–Kier alpha value is -1.39. The minimum absolute atomic E-state index is 0.139. The molecule has 3 N–H and O–H groups in total. The van der Waals surface area contributed by atoms with E-state index in [-0.39, 0.29) is 18.2 Å². The van der Waals surface area contributed by atoms with Crippen LogP contribution < -0.4 is 11.1 Å². The van der Waals surface area contributed by atoms with Crippen LogP contribution in [0.3, 0.4) is 0 Å². The number of anilines is 1. The van der Waals surface area contributed by atoms with Gasteiger partial charge in [-0.25, -0.2) is 0 Å². The van der Waals surface area contributed by atoms with Gasteiger partial charge in [-0.15, -0.1) is 0 Å². The lowest BCUT2D eigenvalue weighted by atomic mass is 10.0. The smallest absolute Gasteiger partial charge is 0.221 e. The molecule has 86 valence electrons. The molecular formula is C11H13ClN2O2. The van der Waals surface area contributed by atoms with Gasteiger partial charge < -0.3 is 11.1 Å². The highest BCUT2D eigenvalue weighted by atomic mass is 35.5. The number of carbonyl (C=O) groups is 2. The summed E-state index contributed by atoms with van der Waals surface area (Å²) in [7, 11) is 0. The number of halogens is 1. The number of ketones is 1. The fourth-order valence-corrected chi connectivity index (χ4v) is 1.87. The number of nitrogens with one attached hydrogen (secondary N) is 1. The van der Waals surface area contributed by atoms with Gasteiger partial charge in [-0.1, -0.05) is 11.6 Å². The standard InChI is InChI=1S/C11H13ClN2O2/c1-6(15)11-8(5-13)3-9(4-10(11)12)14-7(2)16/h3-4H,5,13H2,1-2H3,(H,14,16). The van der Waals surface area contributed by atoms with Gasteiger partial charge in [-0.2, -0.15) is 0 Å². The van der Waals surface area contributed by atoms with E-state index in [2.05, 4.69) is 5.32 Å². The van der Waals surface area contributed by atoms with E-state index in [4.69, 9.17) is 17.3 Å². The van der Waals surface area contributed by atoms with Gasteiger partial charge >= 0.3 is 0 Å². The van der Waals surface area contributed by atoms with Crippen molar-refractivity contribution in [2.24, 2.45) is 5.73 Å². The number of rotatable bonds is 3. The molecule has 0 fully saturated rings. The Morgan fingerprint density at radius 3 is 2.44 bits per heavy atom. The Morgan fingerprint density at radius 2 is 2.00 bits per heavy atom. The minimum Gasteiger partial charge on any atom is -0.326 e. The lowest BCUT2D eigenvalue weighted by Gasteiger charge is -2.10. The summed E-state index contributed by atoms with van der Waals surface area (Å²) in [6, 6.07) is 3.20. The topological polar surface area (TPSA) is 72.2 Å². The predicted molar refractivity (Wildman–Crippen MR) is 63.7 cm³/mol. The molecule has 0 aromatic heterocycles. The maximum Gasteiger partial charge on any atom is 0.221 e. The molecule has 0 bridgehead atoms. The van der Waals surface area contributed by atoms with Gasteiger partial charge in [0.25, 0.3) is 0 Å². The molecule has 1 aromatic rings. The first kappa shape index (κ1) is 12.7. The first-order valence-electron chi connectivity index (χ1n) is 4.76. The highest BCUT2D eigenvalue weighted by molar-refractivity contribution is 6.34. The third kappa shape index (κ3) is 2.81. The Balaban J connectivity index is 3.26. The van der Waals surface area contributed by atoms with Crippen molar-refractivity contribution in [3.8, 4) is 0 Å². The molecule has 0 saturated carbocycles. The fraction of sp³-hybridized carbons (Fsp3) is 0.273. The van der Waals surface area contributed by atoms with Crippen LogP contribution in [-0.2, 0) is 11.3 Å². The van der Waals surface area contributed by atoms with Crippen LogP contribution in [0.25, 0.3) is 0 Å². The molecule has 0 spiro atoms. The van der Waals surface area contributed by atoms with E-state index in [1.54, 1.807) is 12.1 Å². The van der Waals surface area contributed by atoms with Crippen LogP contribution in [-0.4, -0.2) is 11.7 Å². The van der Waals surface area contributed by atoms with Crippen LogP contribution >= 0.6 is 11.6 Å². The van der Waals surface area contributed by atoms with Crippen molar-refractivity contribution in [2.75, 3.05) is 5.32 Å². The molecule has 1 rings (SSSR count). The average Bonchev–Trinajstić information content (AvgIpc) is 2.14. The number of hydrogen-bond donors (Lipinski definition) is 2. The predicted octanol–water partition coefficient (Wildman–Crippen LogP) is 1.96. The van der Waals surface area contributed by atoms with Crippen molar-refractivity contribution in [3.63, 3.8) is 0 Å². The van der Waals surface area contributed by atoms with Gasteiger partial charge in [0.05, 0.1) is 5.02 Å². The van der Waals surface area contributed by atoms with E-state index in [1.165, 1.54) is 13.8 Å². The van der Waals surface area contributed by atoms with Crippen molar-refractivity contribution in [3.05, 3.63) is 28.3 Å². The summed E-state index contributed by atoms with van der Waals surface area (Å²) in [5, 5.41) is 2.90. The summed E-state index contributed by atoms with van der Waals surface area (Å²) in [6.07, 6.45) is 0. The molecule has 0 aliphatic carbocycles. The molecule has 0 aliphatic rings. The van der Waals surface area contributed by atoms with Crippen molar-refractivity contribution in [1.29, 1.82) is 0 Å². The van der Waals surface area contributed by atoms with Crippen molar-refractivity contribution in [1.82, 2.24) is 0 Å². The van der Waals surface area contributed by atoms with Crippen LogP contribution in [0, 0.1) is 0 Å². The normalized spacial score (nSPS) is 10.0. The summed E-state index contributed by atoms with van der Waals surface area (Å²) in [4.78, 5) is 22.2. The quantitative estimate of drug-likeness (QED) is 0.794. The van der Waals surface area contributed by atoms with E-state index in [1.807, 2.05) is 0 Å². The molecule has 0 aliphatic heterocycles. The minimum atomic E-state index is -0.199. The van der Waals surface area contributed by atoms with E-state index in [0.717, 1.165) is 0 Å². The van der Waals surface area contributed by atoms with Gasteiger partial charge in [0.1, 0.15) is 0 Å². The lowest BCUT2D eigenvalue weighted by molar-refractivity contribution is -0.114. The Kier molecular flexibility index (Phi) is 4.04. The number of nitrogens with two attached hydrogens (primary N) is 1. The maximum atomic E-state index is 11.4. The van der Waals surface area contributed by atoms with Crippen LogP contribution in [0.15, 0.2) is 12.1 Å². The molecule has 5 heteroatoms. The molecule has 0 radical (unpaired) electrons. The van der Waals surface area contributed by atoms with Gasteiger partial charge in [-0.05, 0) is 24.6 Å². The molecular weight excluding hydrogens is 228 g/mol. The zero-order chi connectivity index (χ0) is 12.3. The SMILES string of the molecule is CC(=O)Nc1cc(Cl)c(C(C)=O)c(CN)c1. The number of Topliss-reactive ketones (excluding diaryl/α,β-unsaturated/α-hetero) is 1. The van der Waals surface area contributed by atoms with Crippen molar-refractivity contribution in [2.45, 2.75) is 20.4 Å². The zero-order valence-corrected chi connectivity index (χ0v) is 9.89. The Labute approximate surface area is 98.8 Å². The summed E-state index contributed by atoms with van der Waals surface area (Å²) >= 11 is 5.96. The Morgan fingerprint density at radius 1 is 1.38 bits per heavy atom. The third-order valence-electron chi connectivity index (χ3n) is 2.06. The van der Waals surface area contributed by atoms with E-state index >= 15 is 0 Å². The molecule has 0 heterocycles. The van der Waals surface area contributed by atoms with Crippen LogP contribution in [0.2, 0.25) is 5.02 Å². The molecule has 0 saturated heterocycles. The summed E-state index contributed by atoms with van der Waals surface area (Å²) in [5.74, 6) is -0.338. The molecule has 4 nitrogen and oxygen atoms in total. The van der Waals surface area contributed by atoms with Crippen LogP contribution in [0.1, 0.15) is 29.8 Å². The molecule has 0 unspecified atom stereocenters. The Bertz CT molecular complexity index is 444. The number of hydrogen-bond acceptors (Lipinski definition) is 3. The highest BCUT2D eigenvalue weighted by Gasteiger charge is 2.13. The highest BCUT2D eigenvalue weighted by Crippen LogP contribution is 2.25. The summed E-state index contributed by atoms with van der Waals surface area (Å²) < 4.78 is 0. The van der Waals surface area contributed by atoms with E-state index < -0.39 is 0 Å². The summed E-state index contributed by atoms with van der Waals surface area (Å²) in [5.41, 5.74) is 7.12.